The largest absolute Gasteiger partial charge is 0.508 e. The van der Waals surface area contributed by atoms with Crippen LogP contribution in [0.2, 0.25) is 0 Å². The first kappa shape index (κ1) is 20.2. The lowest BCUT2D eigenvalue weighted by Crippen LogP contribution is -1.88. The van der Waals surface area contributed by atoms with E-state index in [1.165, 1.54) is 12.1 Å². The molecule has 27 heavy (non-hydrogen) atoms. The van der Waals surface area contributed by atoms with Gasteiger partial charge in [0.2, 0.25) is 0 Å². The normalized spacial score (nSPS) is 10.3. The van der Waals surface area contributed by atoms with Crippen LogP contribution in [0.25, 0.3) is 11.1 Å². The highest BCUT2D eigenvalue weighted by molar-refractivity contribution is 5.70. The Morgan fingerprint density at radius 3 is 1.15 bits per heavy atom. The van der Waals surface area contributed by atoms with Crippen LogP contribution in [0.15, 0.2) is 42.5 Å². The van der Waals surface area contributed by atoms with Gasteiger partial charge in [0.05, 0.1) is 0 Å². The summed E-state index contributed by atoms with van der Waals surface area (Å²) in [4.78, 5) is 0. The Labute approximate surface area is 160 Å². The Kier molecular flexibility index (Phi) is 6.01. The third-order valence-electron chi connectivity index (χ3n) is 4.51. The lowest BCUT2D eigenvalue weighted by atomic mass is 9.96. The third kappa shape index (κ3) is 4.73. The first-order chi connectivity index (χ1) is 12.6. The van der Waals surface area contributed by atoms with E-state index in [0.717, 1.165) is 38.9 Å². The second kappa shape index (κ2) is 8.04. The van der Waals surface area contributed by atoms with Gasteiger partial charge in [0.15, 0.2) is 0 Å². The molecule has 0 heterocycles. The van der Waals surface area contributed by atoms with Crippen molar-refractivity contribution in [2.75, 3.05) is 0 Å². The molecule has 4 N–H and O–H groups in total. The monoisotopic (exact) mass is 366 g/mol. The van der Waals surface area contributed by atoms with Crippen molar-refractivity contribution in [3.63, 3.8) is 0 Å². The molecule has 0 bridgehead atoms. The highest BCUT2D eigenvalue weighted by Crippen LogP contribution is 2.33. The topological polar surface area (TPSA) is 80.9 Å². The molecule has 3 aromatic rings. The lowest BCUT2D eigenvalue weighted by molar-refractivity contribution is 0.448. The van der Waals surface area contributed by atoms with Crippen molar-refractivity contribution in [2.45, 2.75) is 34.6 Å². The number of benzene rings is 3. The molecule has 0 radical (unpaired) electrons. The van der Waals surface area contributed by atoms with Crippen molar-refractivity contribution in [3.05, 3.63) is 70.3 Å². The molecule has 0 atom stereocenters. The molecule has 3 rings (SSSR count). The molecule has 0 aromatic heterocycles. The molecule has 4 heteroatoms. The van der Waals surface area contributed by atoms with Gasteiger partial charge >= 0.3 is 0 Å². The third-order valence-corrected chi connectivity index (χ3v) is 4.51. The van der Waals surface area contributed by atoms with Crippen LogP contribution in [0.3, 0.4) is 0 Å². The Morgan fingerprint density at radius 1 is 0.481 bits per heavy atom. The van der Waals surface area contributed by atoms with E-state index in [4.69, 9.17) is 10.2 Å². The standard InChI is InChI=1S/C16H18O2.C7H8O2/c1-9-5-13(6-10(2)15(9)17)14-7-11(3)16(18)12(4)8-14;1-5-2-3-6(8)4-7(5)9/h5-8,17-18H,1-4H3;2-4,8-9H,1H3. The molecular formula is C23H26O4. The summed E-state index contributed by atoms with van der Waals surface area (Å²) in [5.74, 6) is 0.935. The van der Waals surface area contributed by atoms with Gasteiger partial charge in [-0.15, -0.1) is 0 Å². The molecule has 0 amide bonds. The Balaban J connectivity index is 0.000000244. The van der Waals surface area contributed by atoms with Gasteiger partial charge in [-0.1, -0.05) is 6.07 Å². The van der Waals surface area contributed by atoms with E-state index in [1.807, 2.05) is 52.0 Å². The minimum absolute atomic E-state index is 0.0955. The molecule has 0 aliphatic heterocycles. The van der Waals surface area contributed by atoms with Crippen LogP contribution in [-0.2, 0) is 0 Å². The van der Waals surface area contributed by atoms with E-state index in [9.17, 15) is 10.2 Å². The molecule has 3 aromatic carbocycles. The lowest BCUT2D eigenvalue weighted by Gasteiger charge is -2.11. The van der Waals surface area contributed by atoms with E-state index < -0.39 is 0 Å². The van der Waals surface area contributed by atoms with E-state index in [0.29, 0.717) is 11.5 Å². The summed E-state index contributed by atoms with van der Waals surface area (Å²) < 4.78 is 0. The molecule has 0 saturated heterocycles. The molecule has 0 aliphatic carbocycles. The van der Waals surface area contributed by atoms with Crippen molar-refractivity contribution < 1.29 is 20.4 Å². The fraction of sp³-hybridized carbons (Fsp3) is 0.217. The predicted molar refractivity (Wildman–Crippen MR) is 109 cm³/mol. The number of aryl methyl sites for hydroxylation is 5. The number of aromatic hydroxyl groups is 4. The van der Waals surface area contributed by atoms with E-state index in [1.54, 1.807) is 13.0 Å². The smallest absolute Gasteiger partial charge is 0.122 e. The zero-order valence-electron chi connectivity index (χ0n) is 16.3. The van der Waals surface area contributed by atoms with Gasteiger partial charge in [-0.2, -0.15) is 0 Å². The fourth-order valence-electron chi connectivity index (χ4n) is 2.84. The second-order valence-corrected chi connectivity index (χ2v) is 6.89. The van der Waals surface area contributed by atoms with Crippen LogP contribution in [0.4, 0.5) is 0 Å². The van der Waals surface area contributed by atoms with Crippen molar-refractivity contribution in [1.29, 1.82) is 0 Å². The van der Waals surface area contributed by atoms with Crippen LogP contribution >= 0.6 is 0 Å². The predicted octanol–water partition coefficient (Wildman–Crippen LogP) is 5.40. The van der Waals surface area contributed by atoms with E-state index in [-0.39, 0.29) is 11.5 Å². The SMILES string of the molecule is Cc1cc(-c2cc(C)c(O)c(C)c2)cc(C)c1O.Cc1ccc(O)cc1O. The van der Waals surface area contributed by atoms with Gasteiger partial charge in [0, 0.05) is 6.07 Å². The Bertz CT molecular complexity index is 873. The minimum atomic E-state index is 0.0955. The van der Waals surface area contributed by atoms with Crippen molar-refractivity contribution in [3.8, 4) is 34.1 Å². The van der Waals surface area contributed by atoms with Gasteiger partial charge < -0.3 is 20.4 Å². The molecule has 0 unspecified atom stereocenters. The maximum absolute atomic E-state index is 9.79. The molecule has 0 saturated carbocycles. The zero-order chi connectivity index (χ0) is 20.3. The number of rotatable bonds is 1. The summed E-state index contributed by atoms with van der Waals surface area (Å²) in [6.07, 6.45) is 0. The van der Waals surface area contributed by atoms with Crippen LogP contribution in [-0.4, -0.2) is 20.4 Å². The summed E-state index contributed by atoms with van der Waals surface area (Å²) in [6.45, 7) is 9.35. The van der Waals surface area contributed by atoms with Crippen LogP contribution in [0.1, 0.15) is 27.8 Å². The number of phenols is 4. The number of hydrogen-bond acceptors (Lipinski definition) is 4. The maximum Gasteiger partial charge on any atom is 0.122 e. The molecule has 0 aliphatic rings. The van der Waals surface area contributed by atoms with Crippen molar-refractivity contribution in [1.82, 2.24) is 0 Å². The molecule has 0 fully saturated rings. The molecular weight excluding hydrogens is 340 g/mol. The van der Waals surface area contributed by atoms with Crippen molar-refractivity contribution in [2.24, 2.45) is 0 Å². The second-order valence-electron chi connectivity index (χ2n) is 6.89. The fourth-order valence-corrected chi connectivity index (χ4v) is 2.84. The summed E-state index contributed by atoms with van der Waals surface area (Å²) in [6, 6.07) is 12.4. The first-order valence-electron chi connectivity index (χ1n) is 8.69. The van der Waals surface area contributed by atoms with Gasteiger partial charge in [-0.3, -0.25) is 0 Å². The Hall–Kier alpha value is -3.14. The minimum Gasteiger partial charge on any atom is -0.508 e. The zero-order valence-corrected chi connectivity index (χ0v) is 16.3. The van der Waals surface area contributed by atoms with Gasteiger partial charge in [0.1, 0.15) is 23.0 Å². The molecule has 4 nitrogen and oxygen atoms in total. The van der Waals surface area contributed by atoms with Crippen LogP contribution in [0.5, 0.6) is 23.0 Å². The van der Waals surface area contributed by atoms with Crippen LogP contribution in [0, 0.1) is 34.6 Å². The van der Waals surface area contributed by atoms with Gasteiger partial charge in [-0.05, 0) is 104 Å². The highest BCUT2D eigenvalue weighted by Gasteiger charge is 2.08. The molecule has 142 valence electrons. The molecule has 0 spiro atoms. The van der Waals surface area contributed by atoms with Crippen molar-refractivity contribution >= 4 is 0 Å². The summed E-state index contributed by atoms with van der Waals surface area (Å²) in [7, 11) is 0. The number of phenolic OH excluding ortho intramolecular Hbond substituents is 4. The average molecular weight is 366 g/mol. The van der Waals surface area contributed by atoms with Gasteiger partial charge in [-0.25, -0.2) is 0 Å². The number of hydrogen-bond donors (Lipinski definition) is 4. The first-order valence-corrected chi connectivity index (χ1v) is 8.69. The van der Waals surface area contributed by atoms with E-state index in [2.05, 4.69) is 0 Å². The Morgan fingerprint density at radius 2 is 0.852 bits per heavy atom. The van der Waals surface area contributed by atoms with Crippen LogP contribution < -0.4 is 0 Å². The maximum atomic E-state index is 9.79. The summed E-state index contributed by atoms with van der Waals surface area (Å²) >= 11 is 0. The summed E-state index contributed by atoms with van der Waals surface area (Å²) in [5, 5.41) is 37.3. The van der Waals surface area contributed by atoms with Gasteiger partial charge in [0.25, 0.3) is 0 Å². The highest BCUT2D eigenvalue weighted by atomic mass is 16.3. The van der Waals surface area contributed by atoms with E-state index >= 15 is 0 Å². The quantitative estimate of drug-likeness (QED) is 0.464. The summed E-state index contributed by atoms with van der Waals surface area (Å²) in [5.41, 5.74) is 6.37. The average Bonchev–Trinajstić information content (AvgIpc) is 2.60.